The zero-order valence-corrected chi connectivity index (χ0v) is 17.3. The molecule has 0 amide bonds. The number of hydrogen-bond donors (Lipinski definition) is 3. The Labute approximate surface area is 179 Å². The zero-order chi connectivity index (χ0) is 20.2. The van der Waals surface area contributed by atoms with Crippen LogP contribution in [0.2, 0.25) is 5.02 Å². The summed E-state index contributed by atoms with van der Waals surface area (Å²) in [6.07, 6.45) is 0. The summed E-state index contributed by atoms with van der Waals surface area (Å²) in [4.78, 5) is 7.71. The lowest BCUT2D eigenvalue weighted by molar-refractivity contribution is 0.297. The summed E-state index contributed by atoms with van der Waals surface area (Å²) in [7, 11) is 0. The lowest BCUT2D eigenvalue weighted by Gasteiger charge is -2.11. The maximum Gasteiger partial charge on any atom is 0.175 e. The van der Waals surface area contributed by atoms with Gasteiger partial charge in [-0.25, -0.2) is 4.98 Å². The van der Waals surface area contributed by atoms with Crippen LogP contribution in [0.15, 0.2) is 66.7 Å². The van der Waals surface area contributed by atoms with Crippen LogP contribution in [-0.2, 0) is 6.61 Å². The number of aromatic nitrogens is 2. The minimum absolute atomic E-state index is 0.340. The molecule has 1 heterocycles. The molecule has 4 aromatic rings. The van der Waals surface area contributed by atoms with Crippen molar-refractivity contribution in [1.29, 1.82) is 0 Å². The molecule has 0 radical (unpaired) electrons. The van der Waals surface area contributed by atoms with Crippen LogP contribution < -0.4 is 15.4 Å². The molecular formula is C22H19ClN4OS. The summed E-state index contributed by atoms with van der Waals surface area (Å²) in [6, 6.07) is 21.2. The summed E-state index contributed by atoms with van der Waals surface area (Å²) >= 11 is 11.4. The monoisotopic (exact) mass is 422 g/mol. The second kappa shape index (κ2) is 8.51. The quantitative estimate of drug-likeness (QED) is 0.349. The number of H-pyrrole nitrogens is 1. The van der Waals surface area contributed by atoms with Crippen LogP contribution in [-0.4, -0.2) is 15.1 Å². The van der Waals surface area contributed by atoms with Gasteiger partial charge in [0.2, 0.25) is 0 Å². The number of rotatable bonds is 5. The van der Waals surface area contributed by atoms with Gasteiger partial charge in [0, 0.05) is 16.4 Å². The Balaban J connectivity index is 1.32. The summed E-state index contributed by atoms with van der Waals surface area (Å²) in [5.41, 5.74) is 4.78. The third kappa shape index (κ3) is 5.04. The maximum absolute atomic E-state index is 6.00. The summed E-state index contributed by atoms with van der Waals surface area (Å²) in [5, 5.41) is 7.53. The highest BCUT2D eigenvalue weighted by Gasteiger charge is 2.05. The molecule has 0 spiro atoms. The lowest BCUT2D eigenvalue weighted by Crippen LogP contribution is -2.18. The number of thiocarbonyl (C=S) groups is 1. The van der Waals surface area contributed by atoms with Gasteiger partial charge >= 0.3 is 0 Å². The molecule has 1 aromatic heterocycles. The van der Waals surface area contributed by atoms with Crippen LogP contribution in [0.25, 0.3) is 11.0 Å². The predicted octanol–water partition coefficient (Wildman–Crippen LogP) is 5.91. The lowest BCUT2D eigenvalue weighted by atomic mass is 10.2. The normalized spacial score (nSPS) is 10.7. The van der Waals surface area contributed by atoms with Crippen LogP contribution in [0.4, 0.5) is 11.4 Å². The molecule has 0 aliphatic rings. The number of halogens is 1. The Kier molecular flexibility index (Phi) is 5.64. The molecule has 4 rings (SSSR count). The average molecular weight is 423 g/mol. The van der Waals surface area contributed by atoms with Crippen LogP contribution >= 0.6 is 23.8 Å². The van der Waals surface area contributed by atoms with Crippen LogP contribution in [0, 0.1) is 6.92 Å². The molecule has 29 heavy (non-hydrogen) atoms. The third-order valence-electron chi connectivity index (χ3n) is 4.29. The van der Waals surface area contributed by atoms with Crippen molar-refractivity contribution in [3.8, 4) is 5.75 Å². The second-order valence-electron chi connectivity index (χ2n) is 6.60. The molecule has 0 saturated carbocycles. The molecule has 0 aliphatic heterocycles. The molecule has 0 atom stereocenters. The minimum atomic E-state index is 0.340. The van der Waals surface area contributed by atoms with Crippen molar-refractivity contribution >= 4 is 51.3 Å². The highest BCUT2D eigenvalue weighted by Crippen LogP contribution is 2.20. The molecule has 3 aromatic carbocycles. The van der Waals surface area contributed by atoms with Gasteiger partial charge in [0.1, 0.15) is 18.2 Å². The number of nitrogens with one attached hydrogen (secondary N) is 3. The number of imidazole rings is 1. The van der Waals surface area contributed by atoms with E-state index in [-0.39, 0.29) is 0 Å². The van der Waals surface area contributed by atoms with E-state index in [4.69, 9.17) is 28.6 Å². The van der Waals surface area contributed by atoms with Gasteiger partial charge in [-0.05, 0) is 73.7 Å². The van der Waals surface area contributed by atoms with Crippen LogP contribution in [0.5, 0.6) is 5.75 Å². The van der Waals surface area contributed by atoms with Crippen molar-refractivity contribution in [2.45, 2.75) is 13.5 Å². The molecule has 146 valence electrons. The first-order chi connectivity index (χ1) is 14.0. The van der Waals surface area contributed by atoms with Gasteiger partial charge in [-0.3, -0.25) is 0 Å². The fourth-order valence-electron chi connectivity index (χ4n) is 2.82. The van der Waals surface area contributed by atoms with Crippen LogP contribution in [0.3, 0.4) is 0 Å². The third-order valence-corrected chi connectivity index (χ3v) is 4.73. The highest BCUT2D eigenvalue weighted by molar-refractivity contribution is 7.80. The van der Waals surface area contributed by atoms with E-state index in [1.807, 2.05) is 73.7 Å². The van der Waals surface area contributed by atoms with E-state index in [9.17, 15) is 0 Å². The number of hydrogen-bond acceptors (Lipinski definition) is 3. The summed E-state index contributed by atoms with van der Waals surface area (Å²) in [5.74, 6) is 1.49. The van der Waals surface area contributed by atoms with Gasteiger partial charge in [-0.1, -0.05) is 29.3 Å². The fourth-order valence-corrected chi connectivity index (χ4v) is 3.23. The SMILES string of the molecule is Cc1ccc(NC(=S)Nc2ccc(OCc3nc4ccc(Cl)cc4[nH]3)cc2)cc1. The first-order valence-corrected chi connectivity index (χ1v) is 9.85. The van der Waals surface area contributed by atoms with Gasteiger partial charge in [-0.15, -0.1) is 0 Å². The largest absolute Gasteiger partial charge is 0.486 e. The average Bonchev–Trinajstić information content (AvgIpc) is 3.11. The predicted molar refractivity (Wildman–Crippen MR) is 123 cm³/mol. The number of ether oxygens (including phenoxy) is 1. The number of anilines is 2. The highest BCUT2D eigenvalue weighted by atomic mass is 35.5. The number of aryl methyl sites for hydroxylation is 1. The molecule has 5 nitrogen and oxygen atoms in total. The van der Waals surface area contributed by atoms with Gasteiger partial charge in [0.25, 0.3) is 0 Å². The van der Waals surface area contributed by atoms with Crippen molar-refractivity contribution in [2.24, 2.45) is 0 Å². The van der Waals surface area contributed by atoms with Gasteiger partial charge in [-0.2, -0.15) is 0 Å². The van der Waals surface area contributed by atoms with Crippen LogP contribution in [0.1, 0.15) is 11.4 Å². The van der Waals surface area contributed by atoms with Crippen molar-refractivity contribution in [3.63, 3.8) is 0 Å². The smallest absolute Gasteiger partial charge is 0.175 e. The molecule has 7 heteroatoms. The Morgan fingerprint density at radius 1 is 1.00 bits per heavy atom. The van der Waals surface area contributed by atoms with Gasteiger partial charge in [0.05, 0.1) is 11.0 Å². The maximum atomic E-state index is 6.00. The van der Waals surface area contributed by atoms with E-state index < -0.39 is 0 Å². The number of benzene rings is 3. The van der Waals surface area contributed by atoms with E-state index in [1.54, 1.807) is 0 Å². The molecule has 0 fully saturated rings. The van der Waals surface area contributed by atoms with Gasteiger partial charge < -0.3 is 20.4 Å². The molecule has 0 aliphatic carbocycles. The van der Waals surface area contributed by atoms with E-state index >= 15 is 0 Å². The minimum Gasteiger partial charge on any atom is -0.486 e. The first-order valence-electron chi connectivity index (χ1n) is 9.07. The van der Waals surface area contributed by atoms with E-state index in [2.05, 4.69) is 20.6 Å². The van der Waals surface area contributed by atoms with Crippen molar-refractivity contribution in [2.75, 3.05) is 10.6 Å². The molecule has 3 N–H and O–H groups in total. The Bertz CT molecular complexity index is 1140. The zero-order valence-electron chi connectivity index (χ0n) is 15.7. The number of aromatic amines is 1. The van der Waals surface area contributed by atoms with E-state index in [1.165, 1.54) is 5.56 Å². The molecule has 0 saturated heterocycles. The fraction of sp³-hybridized carbons (Fsp3) is 0.0909. The number of nitrogens with zero attached hydrogens (tertiary/aromatic N) is 1. The first kappa shape index (κ1) is 19.2. The van der Waals surface area contributed by atoms with Crippen molar-refractivity contribution in [3.05, 3.63) is 83.1 Å². The Morgan fingerprint density at radius 3 is 2.34 bits per heavy atom. The Hall–Kier alpha value is -3.09. The second-order valence-corrected chi connectivity index (χ2v) is 7.45. The standard InChI is InChI=1S/C22H19ClN4OS/c1-14-2-5-16(6-3-14)24-22(29)25-17-7-9-18(10-8-17)28-13-21-26-19-11-4-15(23)12-20(19)27-21/h2-12H,13H2,1H3,(H,26,27)(H2,24,25,29). The van der Waals surface area contributed by atoms with Crippen molar-refractivity contribution in [1.82, 2.24) is 9.97 Å². The van der Waals surface area contributed by atoms with Gasteiger partial charge in [0.15, 0.2) is 5.11 Å². The summed E-state index contributed by atoms with van der Waals surface area (Å²) in [6.45, 7) is 2.39. The Morgan fingerprint density at radius 2 is 1.66 bits per heavy atom. The van der Waals surface area contributed by atoms with Crippen molar-refractivity contribution < 1.29 is 4.74 Å². The molecule has 0 bridgehead atoms. The molecule has 0 unspecified atom stereocenters. The topological polar surface area (TPSA) is 62.0 Å². The van der Waals surface area contributed by atoms with E-state index in [0.29, 0.717) is 16.7 Å². The summed E-state index contributed by atoms with van der Waals surface area (Å²) < 4.78 is 5.82. The number of fused-ring (bicyclic) bond motifs is 1. The molecular weight excluding hydrogens is 404 g/mol. The van der Waals surface area contributed by atoms with E-state index in [0.717, 1.165) is 34.0 Å².